The number of rotatable bonds is 6. The molecule has 9 heteroatoms. The molecule has 1 aliphatic carbocycles. The summed E-state index contributed by atoms with van der Waals surface area (Å²) in [6.07, 6.45) is 1.47. The molecule has 1 aliphatic rings. The molecule has 0 heterocycles. The van der Waals surface area contributed by atoms with E-state index in [2.05, 4.69) is 4.74 Å². The van der Waals surface area contributed by atoms with Gasteiger partial charge in [-0.25, -0.2) is 12.8 Å². The van der Waals surface area contributed by atoms with Gasteiger partial charge in [0.15, 0.2) is 11.6 Å². The smallest absolute Gasteiger partial charge is 0.387 e. The minimum Gasteiger partial charge on any atom is -0.432 e. The fraction of sp³-hybridized carbons (Fsp3) is 0.500. The maximum atomic E-state index is 13.7. The first-order valence-electron chi connectivity index (χ1n) is 6.77. The molecule has 1 aromatic carbocycles. The van der Waals surface area contributed by atoms with Gasteiger partial charge in [-0.1, -0.05) is 0 Å². The van der Waals surface area contributed by atoms with E-state index >= 15 is 0 Å². The molecule has 1 aromatic rings. The number of benzene rings is 1. The van der Waals surface area contributed by atoms with Crippen LogP contribution >= 0.6 is 0 Å². The molecule has 126 valence electrons. The Bertz CT molecular complexity index is 744. The third kappa shape index (κ3) is 3.28. The van der Waals surface area contributed by atoms with Gasteiger partial charge in [0, 0.05) is 7.05 Å². The normalized spacial score (nSPS) is 17.8. The minimum atomic E-state index is -4.15. The molecule has 0 saturated heterocycles. The Hall–Kier alpha value is -1.79. The van der Waals surface area contributed by atoms with Crippen molar-refractivity contribution < 1.29 is 26.3 Å². The summed E-state index contributed by atoms with van der Waals surface area (Å²) in [5.41, 5.74) is -1.24. The van der Waals surface area contributed by atoms with Gasteiger partial charge < -0.3 is 4.74 Å². The van der Waals surface area contributed by atoms with Crippen LogP contribution in [0.2, 0.25) is 0 Å². The topological polar surface area (TPSA) is 70.4 Å². The SMILES string of the molecule is CN(C(C)(C#N)C1CC1)S(=O)(=O)c1ccc(OC(F)F)c(F)c1. The third-order valence-electron chi connectivity index (χ3n) is 4.03. The molecule has 0 aromatic heterocycles. The average Bonchev–Trinajstić information content (AvgIpc) is 3.32. The first-order valence-corrected chi connectivity index (χ1v) is 8.21. The number of hydrogen-bond acceptors (Lipinski definition) is 4. The summed E-state index contributed by atoms with van der Waals surface area (Å²) >= 11 is 0. The van der Waals surface area contributed by atoms with Crippen molar-refractivity contribution in [3.05, 3.63) is 24.0 Å². The molecular formula is C14H15F3N2O3S. The molecular weight excluding hydrogens is 333 g/mol. The summed E-state index contributed by atoms with van der Waals surface area (Å²) in [4.78, 5) is -0.429. The van der Waals surface area contributed by atoms with E-state index in [-0.39, 0.29) is 5.92 Å². The van der Waals surface area contributed by atoms with Gasteiger partial charge in [-0.05, 0) is 43.9 Å². The first-order chi connectivity index (χ1) is 10.6. The Balaban J connectivity index is 2.36. The van der Waals surface area contributed by atoms with Gasteiger partial charge in [-0.3, -0.25) is 0 Å². The van der Waals surface area contributed by atoms with Gasteiger partial charge >= 0.3 is 6.61 Å². The monoisotopic (exact) mass is 348 g/mol. The largest absolute Gasteiger partial charge is 0.432 e. The molecule has 1 unspecified atom stereocenters. The average molecular weight is 348 g/mol. The molecule has 5 nitrogen and oxygen atoms in total. The zero-order valence-corrected chi connectivity index (χ0v) is 13.3. The van der Waals surface area contributed by atoms with Crippen molar-refractivity contribution in [1.29, 1.82) is 5.26 Å². The van der Waals surface area contributed by atoms with Crippen LogP contribution in [0, 0.1) is 23.1 Å². The van der Waals surface area contributed by atoms with Crippen molar-refractivity contribution >= 4 is 10.0 Å². The number of ether oxygens (including phenoxy) is 1. The first kappa shape index (κ1) is 17.6. The molecule has 23 heavy (non-hydrogen) atoms. The van der Waals surface area contributed by atoms with Crippen molar-refractivity contribution in [2.45, 2.75) is 36.8 Å². The zero-order chi connectivity index (χ0) is 17.4. The lowest BCUT2D eigenvalue weighted by molar-refractivity contribution is -0.0522. The summed E-state index contributed by atoms with van der Waals surface area (Å²) in [7, 11) is -2.91. The Morgan fingerprint density at radius 3 is 2.48 bits per heavy atom. The van der Waals surface area contributed by atoms with Crippen LogP contribution in [0.5, 0.6) is 5.75 Å². The molecule has 0 N–H and O–H groups in total. The predicted molar refractivity (Wildman–Crippen MR) is 74.7 cm³/mol. The fourth-order valence-electron chi connectivity index (χ4n) is 2.31. The van der Waals surface area contributed by atoms with Crippen molar-refractivity contribution in [1.82, 2.24) is 4.31 Å². The van der Waals surface area contributed by atoms with E-state index < -0.39 is 38.6 Å². The van der Waals surface area contributed by atoms with E-state index in [4.69, 9.17) is 0 Å². The maximum Gasteiger partial charge on any atom is 0.387 e. The number of nitriles is 1. The number of sulfonamides is 1. The molecule has 0 aliphatic heterocycles. The second-order valence-electron chi connectivity index (χ2n) is 5.48. The van der Waals surface area contributed by atoms with E-state index in [0.717, 1.165) is 29.3 Å². The highest BCUT2D eigenvalue weighted by Crippen LogP contribution is 2.44. The molecule has 0 radical (unpaired) electrons. The van der Waals surface area contributed by atoms with E-state index in [1.807, 2.05) is 6.07 Å². The zero-order valence-electron chi connectivity index (χ0n) is 12.5. The van der Waals surface area contributed by atoms with Crippen LogP contribution in [0.4, 0.5) is 13.2 Å². The number of halogens is 3. The van der Waals surface area contributed by atoms with Crippen LogP contribution in [0.1, 0.15) is 19.8 Å². The van der Waals surface area contributed by atoms with Crippen LogP contribution in [0.25, 0.3) is 0 Å². The Kier molecular flexibility index (Phi) is 4.59. The van der Waals surface area contributed by atoms with Crippen molar-refractivity contribution in [3.8, 4) is 11.8 Å². The molecule has 2 rings (SSSR count). The summed E-state index contributed by atoms with van der Waals surface area (Å²) < 4.78 is 68.0. The van der Waals surface area contributed by atoms with Gasteiger partial charge in [-0.2, -0.15) is 18.3 Å². The van der Waals surface area contributed by atoms with E-state index in [1.54, 1.807) is 0 Å². The lowest BCUT2D eigenvalue weighted by Gasteiger charge is -2.32. The van der Waals surface area contributed by atoms with Gasteiger partial charge in [0.05, 0.1) is 11.0 Å². The standard InChI is InChI=1S/C14H15F3N2O3S/c1-14(8-18,9-3-4-9)19(2)23(20,21)10-5-6-12(11(15)7-10)22-13(16)17/h5-7,9,13H,3-4H2,1-2H3. The number of alkyl halides is 2. The van der Waals surface area contributed by atoms with Crippen molar-refractivity contribution in [3.63, 3.8) is 0 Å². The Morgan fingerprint density at radius 2 is 2.04 bits per heavy atom. The lowest BCUT2D eigenvalue weighted by atomic mass is 9.99. The summed E-state index contributed by atoms with van der Waals surface area (Å²) in [5, 5.41) is 9.34. The number of hydrogen-bond donors (Lipinski definition) is 0. The highest BCUT2D eigenvalue weighted by molar-refractivity contribution is 7.89. The van der Waals surface area contributed by atoms with Crippen LogP contribution in [-0.2, 0) is 10.0 Å². The molecule has 0 amide bonds. The van der Waals surface area contributed by atoms with Crippen molar-refractivity contribution in [2.75, 3.05) is 7.05 Å². The summed E-state index contributed by atoms with van der Waals surface area (Å²) in [6.45, 7) is -1.71. The van der Waals surface area contributed by atoms with Gasteiger partial charge in [0.1, 0.15) is 5.54 Å². The highest BCUT2D eigenvalue weighted by atomic mass is 32.2. The third-order valence-corrected chi connectivity index (χ3v) is 5.98. The molecule has 0 bridgehead atoms. The maximum absolute atomic E-state index is 13.7. The summed E-state index contributed by atoms with van der Waals surface area (Å²) in [6, 6.07) is 4.39. The van der Waals surface area contributed by atoms with E-state index in [9.17, 15) is 26.9 Å². The van der Waals surface area contributed by atoms with Gasteiger partial charge in [-0.15, -0.1) is 0 Å². The molecule has 1 fully saturated rings. The second kappa shape index (κ2) is 6.02. The molecule has 0 spiro atoms. The number of nitrogens with zero attached hydrogens (tertiary/aromatic N) is 2. The molecule has 1 atom stereocenters. The quantitative estimate of drug-likeness (QED) is 0.793. The molecule has 1 saturated carbocycles. The van der Waals surface area contributed by atoms with Crippen molar-refractivity contribution in [2.24, 2.45) is 5.92 Å². The van der Waals surface area contributed by atoms with Gasteiger partial charge in [0.2, 0.25) is 10.0 Å². The summed E-state index contributed by atoms with van der Waals surface area (Å²) in [5.74, 6) is -2.05. The lowest BCUT2D eigenvalue weighted by Crippen LogP contribution is -2.47. The van der Waals surface area contributed by atoms with Crippen LogP contribution in [0.15, 0.2) is 23.1 Å². The minimum absolute atomic E-state index is 0.0847. The fourth-order valence-corrected chi connectivity index (χ4v) is 3.80. The Morgan fingerprint density at radius 1 is 1.43 bits per heavy atom. The second-order valence-corrected chi connectivity index (χ2v) is 7.45. The van der Waals surface area contributed by atoms with Crippen LogP contribution < -0.4 is 4.74 Å². The van der Waals surface area contributed by atoms with Crippen LogP contribution in [0.3, 0.4) is 0 Å². The van der Waals surface area contributed by atoms with E-state index in [1.165, 1.54) is 14.0 Å². The predicted octanol–water partition coefficient (Wildman–Crippen LogP) is 2.74. The Labute approximate surface area is 132 Å². The highest BCUT2D eigenvalue weighted by Gasteiger charge is 2.49. The van der Waals surface area contributed by atoms with Gasteiger partial charge in [0.25, 0.3) is 0 Å². The van der Waals surface area contributed by atoms with E-state index in [0.29, 0.717) is 6.07 Å². The van der Waals surface area contributed by atoms with Crippen LogP contribution in [-0.4, -0.2) is 31.9 Å².